The number of rotatable bonds is 3. The molecule has 1 rings (SSSR count). The van der Waals surface area contributed by atoms with Crippen molar-refractivity contribution in [2.24, 2.45) is 5.92 Å². The third-order valence-electron chi connectivity index (χ3n) is 2.74. The lowest BCUT2D eigenvalue weighted by atomic mass is 10.1. The Kier molecular flexibility index (Phi) is 4.74. The Balaban J connectivity index is 2.33. The Morgan fingerprint density at radius 2 is 1.95 bits per heavy atom. The van der Waals surface area contributed by atoms with Gasteiger partial charge in [0.05, 0.1) is 12.5 Å². The lowest BCUT2D eigenvalue weighted by molar-refractivity contribution is -0.141. The number of nitrogens with zero attached hydrogens (tertiary/aromatic N) is 1. The fourth-order valence-electron chi connectivity index (χ4n) is 1.88. The van der Waals surface area contributed by atoms with Gasteiger partial charge in [-0.15, -0.1) is 0 Å². The molecular formula is C12H21N3O4. The van der Waals surface area contributed by atoms with Crippen LogP contribution in [-0.2, 0) is 9.59 Å². The third-order valence-corrected chi connectivity index (χ3v) is 2.74. The van der Waals surface area contributed by atoms with Crippen molar-refractivity contribution in [3.8, 4) is 0 Å². The van der Waals surface area contributed by atoms with Crippen LogP contribution in [0.2, 0.25) is 0 Å². The average molecular weight is 271 g/mol. The van der Waals surface area contributed by atoms with E-state index >= 15 is 0 Å². The number of carbonyl (C=O) groups is 3. The second-order valence-electron chi connectivity index (χ2n) is 5.73. The van der Waals surface area contributed by atoms with Crippen LogP contribution >= 0.6 is 0 Å². The zero-order chi connectivity index (χ0) is 14.6. The first-order valence-corrected chi connectivity index (χ1v) is 6.25. The number of carbonyl (C=O) groups excluding carboxylic acids is 2. The molecule has 0 aromatic rings. The molecule has 7 heteroatoms. The van der Waals surface area contributed by atoms with Gasteiger partial charge >= 0.3 is 12.0 Å². The largest absolute Gasteiger partial charge is 0.481 e. The fourth-order valence-corrected chi connectivity index (χ4v) is 1.88. The Morgan fingerprint density at radius 1 is 1.32 bits per heavy atom. The molecule has 1 unspecified atom stereocenters. The Labute approximate surface area is 112 Å². The van der Waals surface area contributed by atoms with Crippen LogP contribution in [0.1, 0.15) is 27.2 Å². The summed E-state index contributed by atoms with van der Waals surface area (Å²) in [6.45, 7) is 6.05. The van der Waals surface area contributed by atoms with Gasteiger partial charge in [-0.25, -0.2) is 4.79 Å². The van der Waals surface area contributed by atoms with Crippen LogP contribution in [0, 0.1) is 5.92 Å². The van der Waals surface area contributed by atoms with E-state index in [0.29, 0.717) is 13.0 Å². The van der Waals surface area contributed by atoms with Crippen LogP contribution in [0.4, 0.5) is 4.79 Å². The van der Waals surface area contributed by atoms with Crippen LogP contribution < -0.4 is 10.6 Å². The van der Waals surface area contributed by atoms with Crippen molar-refractivity contribution in [3.05, 3.63) is 0 Å². The fraction of sp³-hybridized carbons (Fsp3) is 0.750. The highest BCUT2D eigenvalue weighted by Crippen LogP contribution is 2.15. The molecule has 1 heterocycles. The van der Waals surface area contributed by atoms with Gasteiger partial charge in [0.25, 0.3) is 0 Å². The molecule has 3 amide bonds. The molecule has 1 aliphatic rings. The number of hydrogen-bond acceptors (Lipinski definition) is 3. The number of carboxylic acid groups (broad SMARTS) is 1. The summed E-state index contributed by atoms with van der Waals surface area (Å²) in [7, 11) is 0. The van der Waals surface area contributed by atoms with E-state index < -0.39 is 17.9 Å². The molecule has 0 bridgehead atoms. The molecule has 0 spiro atoms. The summed E-state index contributed by atoms with van der Waals surface area (Å²) < 4.78 is 0. The van der Waals surface area contributed by atoms with Crippen LogP contribution in [0.25, 0.3) is 0 Å². The molecule has 0 aliphatic carbocycles. The van der Waals surface area contributed by atoms with Crippen LogP contribution in [0.15, 0.2) is 0 Å². The number of amides is 3. The van der Waals surface area contributed by atoms with Crippen molar-refractivity contribution in [2.45, 2.75) is 32.7 Å². The summed E-state index contributed by atoms with van der Waals surface area (Å²) in [5.41, 5.74) is -0.343. The van der Waals surface area contributed by atoms with Crippen molar-refractivity contribution in [2.75, 3.05) is 19.6 Å². The zero-order valence-corrected chi connectivity index (χ0v) is 11.5. The molecule has 1 fully saturated rings. The topological polar surface area (TPSA) is 98.7 Å². The van der Waals surface area contributed by atoms with E-state index in [0.717, 1.165) is 0 Å². The predicted molar refractivity (Wildman–Crippen MR) is 68.6 cm³/mol. The van der Waals surface area contributed by atoms with Crippen molar-refractivity contribution >= 4 is 17.9 Å². The van der Waals surface area contributed by atoms with E-state index in [1.807, 2.05) is 20.8 Å². The molecule has 19 heavy (non-hydrogen) atoms. The highest BCUT2D eigenvalue weighted by Gasteiger charge is 2.30. The van der Waals surface area contributed by atoms with E-state index in [1.54, 1.807) is 0 Å². The summed E-state index contributed by atoms with van der Waals surface area (Å²) in [5.74, 6) is -1.66. The number of likely N-dealkylation sites (tertiary alicyclic amines) is 1. The standard InChI is InChI=1S/C12H21N3O4/c1-12(2,3)14-9(16)6-13-11(19)15-5-4-8(7-15)10(17)18/h8H,4-7H2,1-3H3,(H,13,19)(H,14,16)(H,17,18). The number of hydrogen-bond donors (Lipinski definition) is 3. The first-order valence-electron chi connectivity index (χ1n) is 6.25. The van der Waals surface area contributed by atoms with Crippen molar-refractivity contribution in [1.29, 1.82) is 0 Å². The second-order valence-corrected chi connectivity index (χ2v) is 5.73. The third kappa shape index (κ3) is 5.15. The maximum absolute atomic E-state index is 11.7. The van der Waals surface area contributed by atoms with E-state index in [2.05, 4.69) is 10.6 Å². The summed E-state index contributed by atoms with van der Waals surface area (Å²) in [4.78, 5) is 35.4. The molecular weight excluding hydrogens is 250 g/mol. The van der Waals surface area contributed by atoms with Crippen LogP contribution in [-0.4, -0.2) is 53.1 Å². The number of nitrogens with one attached hydrogen (secondary N) is 2. The molecule has 3 N–H and O–H groups in total. The van der Waals surface area contributed by atoms with Crippen molar-refractivity contribution < 1.29 is 19.5 Å². The minimum atomic E-state index is -0.888. The van der Waals surface area contributed by atoms with Gasteiger partial charge in [-0.3, -0.25) is 9.59 Å². The van der Waals surface area contributed by atoms with Gasteiger partial charge in [0.2, 0.25) is 5.91 Å². The normalized spacial score (nSPS) is 19.1. The minimum absolute atomic E-state index is 0.107. The van der Waals surface area contributed by atoms with Gasteiger partial charge in [0.1, 0.15) is 0 Å². The van der Waals surface area contributed by atoms with E-state index in [1.165, 1.54) is 4.90 Å². The maximum atomic E-state index is 11.7. The lowest BCUT2D eigenvalue weighted by Crippen LogP contribution is -2.48. The molecule has 0 radical (unpaired) electrons. The molecule has 0 aromatic heterocycles. The zero-order valence-electron chi connectivity index (χ0n) is 11.5. The van der Waals surface area contributed by atoms with E-state index in [-0.39, 0.29) is 24.5 Å². The van der Waals surface area contributed by atoms with Gasteiger partial charge in [0, 0.05) is 18.6 Å². The first-order chi connectivity index (χ1) is 8.69. The monoisotopic (exact) mass is 271 g/mol. The summed E-state index contributed by atoms with van der Waals surface area (Å²) in [6.07, 6.45) is 0.455. The molecule has 1 aliphatic heterocycles. The Hall–Kier alpha value is -1.79. The van der Waals surface area contributed by atoms with Crippen molar-refractivity contribution in [3.63, 3.8) is 0 Å². The Bertz CT molecular complexity index is 376. The van der Waals surface area contributed by atoms with Crippen molar-refractivity contribution in [1.82, 2.24) is 15.5 Å². The van der Waals surface area contributed by atoms with Gasteiger partial charge in [-0.2, -0.15) is 0 Å². The predicted octanol–water partition coefficient (Wildman–Crippen LogP) is 0.0172. The minimum Gasteiger partial charge on any atom is -0.481 e. The number of carboxylic acids is 1. The van der Waals surface area contributed by atoms with Gasteiger partial charge in [0.15, 0.2) is 0 Å². The van der Waals surface area contributed by atoms with Crippen LogP contribution in [0.3, 0.4) is 0 Å². The molecule has 0 saturated carbocycles. The quantitative estimate of drug-likeness (QED) is 0.673. The molecule has 7 nitrogen and oxygen atoms in total. The second kappa shape index (κ2) is 5.90. The van der Waals surface area contributed by atoms with Crippen LogP contribution in [0.5, 0.6) is 0 Å². The van der Waals surface area contributed by atoms with E-state index in [9.17, 15) is 14.4 Å². The highest BCUT2D eigenvalue weighted by atomic mass is 16.4. The number of aliphatic carboxylic acids is 1. The molecule has 1 atom stereocenters. The SMILES string of the molecule is CC(C)(C)NC(=O)CNC(=O)N1CCC(C(=O)O)C1. The molecule has 0 aromatic carbocycles. The summed E-state index contributed by atoms with van der Waals surface area (Å²) in [5, 5.41) is 14.1. The summed E-state index contributed by atoms with van der Waals surface area (Å²) in [6, 6.07) is -0.396. The van der Waals surface area contributed by atoms with Gasteiger partial charge in [-0.1, -0.05) is 0 Å². The van der Waals surface area contributed by atoms with Gasteiger partial charge in [-0.05, 0) is 27.2 Å². The summed E-state index contributed by atoms with van der Waals surface area (Å²) >= 11 is 0. The van der Waals surface area contributed by atoms with Gasteiger partial charge < -0.3 is 20.6 Å². The number of urea groups is 1. The smallest absolute Gasteiger partial charge is 0.317 e. The molecule has 108 valence electrons. The van der Waals surface area contributed by atoms with E-state index in [4.69, 9.17) is 5.11 Å². The lowest BCUT2D eigenvalue weighted by Gasteiger charge is -2.21. The maximum Gasteiger partial charge on any atom is 0.317 e. The Morgan fingerprint density at radius 3 is 2.42 bits per heavy atom. The average Bonchev–Trinajstić information content (AvgIpc) is 2.72. The highest BCUT2D eigenvalue weighted by molar-refractivity contribution is 5.84. The molecule has 1 saturated heterocycles. The first kappa shape index (κ1) is 15.3.